The maximum atomic E-state index is 12.1. The van der Waals surface area contributed by atoms with Gasteiger partial charge in [0.05, 0.1) is 6.61 Å². The Morgan fingerprint density at radius 2 is 0.804 bits per heavy atom. The molecule has 0 saturated heterocycles. The molecule has 0 radical (unpaired) electrons. The molecule has 0 bridgehead atoms. The van der Waals surface area contributed by atoms with Gasteiger partial charge in [0.25, 0.3) is 0 Å². The van der Waals surface area contributed by atoms with E-state index in [1.165, 1.54) is 154 Å². The van der Waals surface area contributed by atoms with Gasteiger partial charge in [-0.3, -0.25) is 9.59 Å². The summed E-state index contributed by atoms with van der Waals surface area (Å²) in [6.07, 6.45) is 43.1. The Bertz CT molecular complexity index is 661. The molecule has 0 aliphatic carbocycles. The first-order valence-corrected chi connectivity index (χ1v) is 20.2. The third-order valence-corrected chi connectivity index (χ3v) is 9.06. The molecule has 0 saturated carbocycles. The van der Waals surface area contributed by atoms with Crippen molar-refractivity contribution in [2.45, 2.75) is 225 Å². The standard InChI is InChI=1S/C41H78O5/c1-3-5-7-9-11-12-13-14-15-16-17-18-19-20-21-22-23-24-25-26-27-28-30-32-34-36-41(44)46-39(37-42)38-45-40(43)35-33-31-29-10-8-6-4-2/h16-17,39,42H,3-15,18-38H2,1-2H3/b17-16-. The van der Waals surface area contributed by atoms with Crippen LogP contribution < -0.4 is 0 Å². The van der Waals surface area contributed by atoms with E-state index in [-0.39, 0.29) is 25.2 Å². The van der Waals surface area contributed by atoms with Gasteiger partial charge in [-0.1, -0.05) is 180 Å². The number of rotatable bonds is 37. The molecule has 0 amide bonds. The fraction of sp³-hybridized carbons (Fsp3) is 0.902. The molecule has 0 fully saturated rings. The van der Waals surface area contributed by atoms with Crippen LogP contribution in [0.15, 0.2) is 12.2 Å². The molecule has 5 heteroatoms. The average molecular weight is 651 g/mol. The first-order valence-electron chi connectivity index (χ1n) is 20.2. The number of hydrogen-bond donors (Lipinski definition) is 1. The van der Waals surface area contributed by atoms with Crippen molar-refractivity contribution in [3.8, 4) is 0 Å². The zero-order valence-electron chi connectivity index (χ0n) is 30.9. The van der Waals surface area contributed by atoms with Crippen molar-refractivity contribution in [1.29, 1.82) is 0 Å². The quantitative estimate of drug-likeness (QED) is 0.0411. The van der Waals surface area contributed by atoms with Crippen LogP contribution in [-0.4, -0.2) is 36.4 Å². The van der Waals surface area contributed by atoms with Crippen molar-refractivity contribution in [3.05, 3.63) is 12.2 Å². The van der Waals surface area contributed by atoms with Crippen molar-refractivity contribution in [3.63, 3.8) is 0 Å². The van der Waals surface area contributed by atoms with Crippen molar-refractivity contribution >= 4 is 11.9 Å². The third-order valence-electron chi connectivity index (χ3n) is 9.06. The van der Waals surface area contributed by atoms with Crippen LogP contribution in [0.3, 0.4) is 0 Å². The fourth-order valence-corrected chi connectivity index (χ4v) is 5.96. The van der Waals surface area contributed by atoms with Crippen LogP contribution >= 0.6 is 0 Å². The summed E-state index contributed by atoms with van der Waals surface area (Å²) in [7, 11) is 0. The van der Waals surface area contributed by atoms with Crippen molar-refractivity contribution < 1.29 is 24.2 Å². The summed E-state index contributed by atoms with van der Waals surface area (Å²) in [6, 6.07) is 0. The van der Waals surface area contributed by atoms with Crippen LogP contribution in [0.4, 0.5) is 0 Å². The first kappa shape index (κ1) is 44.6. The second-order valence-electron chi connectivity index (χ2n) is 13.7. The maximum absolute atomic E-state index is 12.1. The van der Waals surface area contributed by atoms with E-state index >= 15 is 0 Å². The molecular weight excluding hydrogens is 572 g/mol. The lowest BCUT2D eigenvalue weighted by Crippen LogP contribution is -2.28. The molecule has 0 rings (SSSR count). The molecule has 0 heterocycles. The lowest BCUT2D eigenvalue weighted by molar-refractivity contribution is -0.161. The van der Waals surface area contributed by atoms with Gasteiger partial charge in [-0.05, 0) is 38.5 Å². The Balaban J connectivity index is 3.42. The fourth-order valence-electron chi connectivity index (χ4n) is 5.96. The number of aliphatic hydroxyl groups excluding tert-OH is 1. The van der Waals surface area contributed by atoms with Crippen LogP contribution in [0, 0.1) is 0 Å². The van der Waals surface area contributed by atoms with E-state index in [1.54, 1.807) is 0 Å². The molecule has 46 heavy (non-hydrogen) atoms. The third kappa shape index (κ3) is 35.5. The lowest BCUT2D eigenvalue weighted by Gasteiger charge is -2.15. The first-order chi connectivity index (χ1) is 22.6. The Hall–Kier alpha value is -1.36. The average Bonchev–Trinajstić information content (AvgIpc) is 3.06. The van der Waals surface area contributed by atoms with Gasteiger partial charge in [-0.25, -0.2) is 0 Å². The Morgan fingerprint density at radius 1 is 0.478 bits per heavy atom. The van der Waals surface area contributed by atoms with E-state index in [9.17, 15) is 14.7 Å². The number of unbranched alkanes of at least 4 members (excludes halogenated alkanes) is 27. The number of carbonyl (C=O) groups excluding carboxylic acids is 2. The minimum Gasteiger partial charge on any atom is -0.462 e. The molecule has 1 N–H and O–H groups in total. The molecule has 1 unspecified atom stereocenters. The number of allylic oxidation sites excluding steroid dienone is 2. The van der Waals surface area contributed by atoms with Crippen LogP contribution in [0.5, 0.6) is 0 Å². The van der Waals surface area contributed by atoms with Crippen LogP contribution in [0.25, 0.3) is 0 Å². The highest BCUT2D eigenvalue weighted by molar-refractivity contribution is 5.70. The minimum absolute atomic E-state index is 0.0609. The van der Waals surface area contributed by atoms with E-state index in [2.05, 4.69) is 26.0 Å². The highest BCUT2D eigenvalue weighted by Gasteiger charge is 2.16. The molecule has 0 aromatic rings. The lowest BCUT2D eigenvalue weighted by atomic mass is 10.0. The highest BCUT2D eigenvalue weighted by Crippen LogP contribution is 2.15. The SMILES string of the molecule is CCCCCCCCCC/C=C\CCCCCCCCCCCCCCCC(=O)OC(CO)COC(=O)CCCCCCCCC. The van der Waals surface area contributed by atoms with Gasteiger partial charge in [0.15, 0.2) is 6.10 Å². The van der Waals surface area contributed by atoms with Gasteiger partial charge in [0.1, 0.15) is 6.61 Å². The van der Waals surface area contributed by atoms with Crippen molar-refractivity contribution in [2.24, 2.45) is 0 Å². The van der Waals surface area contributed by atoms with Gasteiger partial charge < -0.3 is 14.6 Å². The summed E-state index contributed by atoms with van der Waals surface area (Å²) in [4.78, 5) is 24.1. The summed E-state index contributed by atoms with van der Waals surface area (Å²) in [5.74, 6) is -0.589. The summed E-state index contributed by atoms with van der Waals surface area (Å²) in [5.41, 5.74) is 0. The van der Waals surface area contributed by atoms with E-state index in [4.69, 9.17) is 9.47 Å². The number of ether oxygens (including phenoxy) is 2. The van der Waals surface area contributed by atoms with E-state index in [0.29, 0.717) is 12.8 Å². The Labute approximate surface area is 286 Å². The monoisotopic (exact) mass is 651 g/mol. The predicted octanol–water partition coefficient (Wildman–Crippen LogP) is 12.5. The van der Waals surface area contributed by atoms with Crippen LogP contribution in [0.2, 0.25) is 0 Å². The van der Waals surface area contributed by atoms with Gasteiger partial charge in [0, 0.05) is 12.8 Å². The zero-order valence-corrected chi connectivity index (χ0v) is 30.9. The number of hydrogen-bond acceptors (Lipinski definition) is 5. The molecule has 1 atom stereocenters. The zero-order chi connectivity index (χ0) is 33.6. The smallest absolute Gasteiger partial charge is 0.306 e. The highest BCUT2D eigenvalue weighted by atomic mass is 16.6. The molecular formula is C41H78O5. The van der Waals surface area contributed by atoms with Crippen molar-refractivity contribution in [1.82, 2.24) is 0 Å². The Morgan fingerprint density at radius 3 is 1.17 bits per heavy atom. The summed E-state index contributed by atoms with van der Waals surface area (Å²) in [6.45, 7) is 4.10. The molecule has 0 aliphatic heterocycles. The number of esters is 2. The van der Waals surface area contributed by atoms with Gasteiger partial charge in [-0.15, -0.1) is 0 Å². The Kier molecular flexibility index (Phi) is 37.0. The molecule has 0 aliphatic rings. The minimum atomic E-state index is -0.762. The normalized spacial score (nSPS) is 12.2. The van der Waals surface area contributed by atoms with Gasteiger partial charge in [0.2, 0.25) is 0 Å². The molecule has 272 valence electrons. The second-order valence-corrected chi connectivity index (χ2v) is 13.7. The molecule has 5 nitrogen and oxygen atoms in total. The number of aliphatic hydroxyl groups is 1. The summed E-state index contributed by atoms with van der Waals surface area (Å²) in [5, 5.41) is 9.50. The van der Waals surface area contributed by atoms with Crippen LogP contribution in [0.1, 0.15) is 219 Å². The largest absolute Gasteiger partial charge is 0.462 e. The van der Waals surface area contributed by atoms with Gasteiger partial charge >= 0.3 is 11.9 Å². The van der Waals surface area contributed by atoms with Crippen LogP contribution in [-0.2, 0) is 19.1 Å². The topological polar surface area (TPSA) is 72.8 Å². The van der Waals surface area contributed by atoms with E-state index < -0.39 is 6.10 Å². The predicted molar refractivity (Wildman–Crippen MR) is 196 cm³/mol. The van der Waals surface area contributed by atoms with E-state index in [1.807, 2.05) is 0 Å². The molecule has 0 spiro atoms. The maximum Gasteiger partial charge on any atom is 0.306 e. The number of carbonyl (C=O) groups is 2. The second kappa shape index (κ2) is 38.1. The molecule has 0 aromatic carbocycles. The molecule has 0 aromatic heterocycles. The summed E-state index contributed by atoms with van der Waals surface area (Å²) >= 11 is 0. The van der Waals surface area contributed by atoms with Crippen molar-refractivity contribution in [2.75, 3.05) is 13.2 Å². The van der Waals surface area contributed by atoms with E-state index in [0.717, 1.165) is 38.5 Å². The summed E-state index contributed by atoms with van der Waals surface area (Å²) < 4.78 is 10.5. The van der Waals surface area contributed by atoms with Gasteiger partial charge in [-0.2, -0.15) is 0 Å².